The Bertz CT molecular complexity index is 351. The molecule has 0 amide bonds. The highest BCUT2D eigenvalue weighted by molar-refractivity contribution is 5.31. The molecule has 1 aliphatic rings. The van der Waals surface area contributed by atoms with Crippen LogP contribution in [0.5, 0.6) is 0 Å². The lowest BCUT2D eigenvalue weighted by Gasteiger charge is -2.14. The smallest absolute Gasteiger partial charge is 0.00156 e. The number of benzene rings is 1. The number of nitrogens with zero attached hydrogens (tertiary/aromatic N) is 1. The van der Waals surface area contributed by atoms with Crippen LogP contribution in [0.15, 0.2) is 18.2 Å². The van der Waals surface area contributed by atoms with Gasteiger partial charge in [0.2, 0.25) is 0 Å². The first kappa shape index (κ1) is 12.6. The van der Waals surface area contributed by atoms with Gasteiger partial charge in [0.1, 0.15) is 0 Å². The maximum atomic E-state index is 2.61. The van der Waals surface area contributed by atoms with E-state index in [2.05, 4.69) is 36.9 Å². The van der Waals surface area contributed by atoms with E-state index < -0.39 is 0 Å². The van der Waals surface area contributed by atoms with E-state index in [1.54, 1.807) is 0 Å². The summed E-state index contributed by atoms with van der Waals surface area (Å²) < 4.78 is 0. The third kappa shape index (κ3) is 3.57. The van der Waals surface area contributed by atoms with Crippen LogP contribution in [-0.4, -0.2) is 24.5 Å². The number of likely N-dealkylation sites (tertiary alicyclic amines) is 1. The summed E-state index contributed by atoms with van der Waals surface area (Å²) in [5.41, 5.74) is 4.48. The fourth-order valence-corrected chi connectivity index (χ4v) is 2.77. The zero-order chi connectivity index (χ0) is 12.1. The fraction of sp³-hybridized carbons (Fsp3) is 0.625. The minimum Gasteiger partial charge on any atom is -0.303 e. The molecule has 1 fully saturated rings. The predicted molar refractivity (Wildman–Crippen MR) is 74.6 cm³/mol. The molecular weight excluding hydrogens is 206 g/mol. The van der Waals surface area contributed by atoms with Crippen molar-refractivity contribution in [3.05, 3.63) is 34.9 Å². The first-order valence-corrected chi connectivity index (χ1v) is 7.10. The van der Waals surface area contributed by atoms with E-state index in [-0.39, 0.29) is 0 Å². The summed E-state index contributed by atoms with van der Waals surface area (Å²) in [7, 11) is 0. The summed E-state index contributed by atoms with van der Waals surface area (Å²) in [6.45, 7) is 8.40. The maximum Gasteiger partial charge on any atom is -0.00156 e. The third-order valence-electron chi connectivity index (χ3n) is 3.93. The second-order valence-electron chi connectivity index (χ2n) is 5.27. The molecule has 1 aliphatic heterocycles. The molecule has 17 heavy (non-hydrogen) atoms. The van der Waals surface area contributed by atoms with Gasteiger partial charge >= 0.3 is 0 Å². The highest BCUT2D eigenvalue weighted by Crippen LogP contribution is 2.14. The molecule has 0 saturated carbocycles. The van der Waals surface area contributed by atoms with E-state index in [0.29, 0.717) is 0 Å². The zero-order valence-corrected chi connectivity index (χ0v) is 11.3. The normalized spacial score (nSPS) is 16.6. The second-order valence-corrected chi connectivity index (χ2v) is 5.27. The van der Waals surface area contributed by atoms with Crippen LogP contribution >= 0.6 is 0 Å². The lowest BCUT2D eigenvalue weighted by atomic mass is 10.0. The van der Waals surface area contributed by atoms with Crippen LogP contribution in [0.4, 0.5) is 0 Å². The molecule has 0 unspecified atom stereocenters. The van der Waals surface area contributed by atoms with Crippen LogP contribution in [0.25, 0.3) is 0 Å². The SMILES string of the molecule is CCc1cc(CCCN2CCCC2)ccc1C. The minimum atomic E-state index is 1.16. The van der Waals surface area contributed by atoms with Crippen LogP contribution in [-0.2, 0) is 12.8 Å². The van der Waals surface area contributed by atoms with Crippen molar-refractivity contribution >= 4 is 0 Å². The molecule has 2 rings (SSSR count). The molecule has 1 aromatic carbocycles. The number of hydrogen-bond acceptors (Lipinski definition) is 1. The molecule has 0 radical (unpaired) electrons. The van der Waals surface area contributed by atoms with Gasteiger partial charge in [0.25, 0.3) is 0 Å². The Labute approximate surface area is 106 Å². The van der Waals surface area contributed by atoms with Gasteiger partial charge in [-0.2, -0.15) is 0 Å². The van der Waals surface area contributed by atoms with Crippen LogP contribution in [0.3, 0.4) is 0 Å². The Balaban J connectivity index is 1.81. The summed E-state index contributed by atoms with van der Waals surface area (Å²) in [4.78, 5) is 2.61. The van der Waals surface area contributed by atoms with Crippen LogP contribution in [0.2, 0.25) is 0 Å². The molecule has 1 heteroatoms. The van der Waals surface area contributed by atoms with Gasteiger partial charge in [-0.25, -0.2) is 0 Å². The molecule has 0 bridgehead atoms. The molecule has 1 heterocycles. The van der Waals surface area contributed by atoms with Gasteiger partial charge < -0.3 is 4.90 Å². The van der Waals surface area contributed by atoms with E-state index >= 15 is 0 Å². The molecule has 0 spiro atoms. The second kappa shape index (κ2) is 6.20. The summed E-state index contributed by atoms with van der Waals surface area (Å²) in [6, 6.07) is 6.99. The number of aryl methyl sites for hydroxylation is 3. The van der Waals surface area contributed by atoms with Crippen molar-refractivity contribution in [1.82, 2.24) is 4.90 Å². The molecule has 0 aromatic heterocycles. The topological polar surface area (TPSA) is 3.24 Å². The van der Waals surface area contributed by atoms with Gasteiger partial charge in [-0.1, -0.05) is 25.1 Å². The highest BCUT2D eigenvalue weighted by atomic mass is 15.1. The first-order chi connectivity index (χ1) is 8.29. The van der Waals surface area contributed by atoms with E-state index in [4.69, 9.17) is 0 Å². The predicted octanol–water partition coefficient (Wildman–Crippen LogP) is 3.59. The van der Waals surface area contributed by atoms with E-state index in [0.717, 1.165) is 6.42 Å². The van der Waals surface area contributed by atoms with Crippen LogP contribution < -0.4 is 0 Å². The Hall–Kier alpha value is -0.820. The lowest BCUT2D eigenvalue weighted by molar-refractivity contribution is 0.334. The minimum absolute atomic E-state index is 1.16. The summed E-state index contributed by atoms with van der Waals surface area (Å²) >= 11 is 0. The summed E-state index contributed by atoms with van der Waals surface area (Å²) in [6.07, 6.45) is 6.52. The van der Waals surface area contributed by atoms with E-state index in [1.165, 1.54) is 62.0 Å². The van der Waals surface area contributed by atoms with Crippen molar-refractivity contribution in [2.24, 2.45) is 0 Å². The van der Waals surface area contributed by atoms with Crippen molar-refractivity contribution in [3.63, 3.8) is 0 Å². The molecule has 94 valence electrons. The number of rotatable bonds is 5. The molecule has 0 N–H and O–H groups in total. The summed E-state index contributed by atoms with van der Waals surface area (Å²) in [5, 5.41) is 0. The molecule has 0 aliphatic carbocycles. The van der Waals surface area contributed by atoms with Gasteiger partial charge in [0.05, 0.1) is 0 Å². The van der Waals surface area contributed by atoms with Gasteiger partial charge in [-0.3, -0.25) is 0 Å². The Morgan fingerprint density at radius 1 is 1.18 bits per heavy atom. The molecule has 0 atom stereocenters. The lowest BCUT2D eigenvalue weighted by Crippen LogP contribution is -2.20. The Kier molecular flexibility index (Phi) is 4.61. The quantitative estimate of drug-likeness (QED) is 0.748. The van der Waals surface area contributed by atoms with Crippen molar-refractivity contribution in [2.45, 2.75) is 46.0 Å². The highest BCUT2D eigenvalue weighted by Gasteiger charge is 2.10. The largest absolute Gasteiger partial charge is 0.303 e. The van der Waals surface area contributed by atoms with Crippen molar-refractivity contribution < 1.29 is 0 Å². The Morgan fingerprint density at radius 2 is 1.94 bits per heavy atom. The van der Waals surface area contributed by atoms with E-state index in [1.807, 2.05) is 0 Å². The Morgan fingerprint density at radius 3 is 2.65 bits per heavy atom. The van der Waals surface area contributed by atoms with Gasteiger partial charge in [0, 0.05) is 0 Å². The van der Waals surface area contributed by atoms with E-state index in [9.17, 15) is 0 Å². The number of hydrogen-bond donors (Lipinski definition) is 0. The fourth-order valence-electron chi connectivity index (χ4n) is 2.77. The van der Waals surface area contributed by atoms with Crippen molar-refractivity contribution in [3.8, 4) is 0 Å². The van der Waals surface area contributed by atoms with Gasteiger partial charge in [-0.15, -0.1) is 0 Å². The molecule has 1 nitrogen and oxygen atoms in total. The maximum absolute atomic E-state index is 2.61. The van der Waals surface area contributed by atoms with Gasteiger partial charge in [-0.05, 0) is 75.4 Å². The average molecular weight is 231 g/mol. The van der Waals surface area contributed by atoms with Gasteiger partial charge in [0.15, 0.2) is 0 Å². The third-order valence-corrected chi connectivity index (χ3v) is 3.93. The summed E-state index contributed by atoms with van der Waals surface area (Å²) in [5.74, 6) is 0. The standard InChI is InChI=1S/C16H25N/c1-3-16-13-15(9-8-14(16)2)7-6-12-17-10-4-5-11-17/h8-9,13H,3-7,10-12H2,1-2H3. The average Bonchev–Trinajstić information content (AvgIpc) is 2.84. The van der Waals surface area contributed by atoms with Crippen LogP contribution in [0, 0.1) is 6.92 Å². The first-order valence-electron chi connectivity index (χ1n) is 7.10. The van der Waals surface area contributed by atoms with Crippen molar-refractivity contribution in [1.29, 1.82) is 0 Å². The molecule has 1 saturated heterocycles. The monoisotopic (exact) mass is 231 g/mol. The molecule has 1 aromatic rings. The zero-order valence-electron chi connectivity index (χ0n) is 11.3. The molecular formula is C16H25N. The van der Waals surface area contributed by atoms with Crippen LogP contribution in [0.1, 0.15) is 42.9 Å². The van der Waals surface area contributed by atoms with Crippen molar-refractivity contribution in [2.75, 3.05) is 19.6 Å².